The van der Waals surface area contributed by atoms with Crippen LogP contribution in [0.5, 0.6) is 0 Å². The van der Waals surface area contributed by atoms with E-state index >= 15 is 0 Å². The summed E-state index contributed by atoms with van der Waals surface area (Å²) in [6.45, 7) is 7.26. The standard InChI is InChI=1S/C22H23ClN4O/c1-4-26(5-2)21(28)19-14(3)24-22-25-17-11-6-7-12-18(17)27(22)20(19)15-9-8-10-16(23)13-15/h6-13,20H,4-5H2,1-3H3,(H,24,25)/t20-/m1/s1. The number of nitrogens with one attached hydrogen (secondary N) is 1. The van der Waals surface area contributed by atoms with E-state index in [0.717, 1.165) is 33.8 Å². The summed E-state index contributed by atoms with van der Waals surface area (Å²) < 4.78 is 2.10. The van der Waals surface area contributed by atoms with Gasteiger partial charge < -0.3 is 10.2 Å². The second kappa shape index (κ2) is 7.32. The number of allylic oxidation sites excluding steroid dienone is 1. The van der Waals surface area contributed by atoms with Crippen molar-refractivity contribution < 1.29 is 4.79 Å². The van der Waals surface area contributed by atoms with E-state index in [1.54, 1.807) is 0 Å². The predicted molar refractivity (Wildman–Crippen MR) is 114 cm³/mol. The predicted octanol–water partition coefficient (Wildman–Crippen LogP) is 4.85. The quantitative estimate of drug-likeness (QED) is 0.688. The van der Waals surface area contributed by atoms with Crippen molar-refractivity contribution in [1.82, 2.24) is 14.5 Å². The Labute approximate surface area is 169 Å². The van der Waals surface area contributed by atoms with E-state index in [0.29, 0.717) is 18.1 Å². The van der Waals surface area contributed by atoms with Crippen molar-refractivity contribution in [2.45, 2.75) is 26.8 Å². The number of aromatic nitrogens is 2. The third-order valence-corrected chi connectivity index (χ3v) is 5.51. The van der Waals surface area contributed by atoms with Crippen molar-refractivity contribution in [3.63, 3.8) is 0 Å². The number of hydrogen-bond donors (Lipinski definition) is 1. The smallest absolute Gasteiger partial charge is 0.253 e. The summed E-state index contributed by atoms with van der Waals surface area (Å²) in [4.78, 5) is 20.1. The van der Waals surface area contributed by atoms with Crippen LogP contribution < -0.4 is 5.32 Å². The third-order valence-electron chi connectivity index (χ3n) is 5.28. The molecule has 1 amide bonds. The SMILES string of the molecule is CCN(CC)C(=O)C1=C(C)Nc2nc3ccccc3n2[C@@H]1c1cccc(Cl)c1. The molecule has 144 valence electrons. The molecule has 0 bridgehead atoms. The Hall–Kier alpha value is -2.79. The molecule has 1 aliphatic rings. The highest BCUT2D eigenvalue weighted by Crippen LogP contribution is 2.40. The highest BCUT2D eigenvalue weighted by molar-refractivity contribution is 6.30. The van der Waals surface area contributed by atoms with Crippen molar-refractivity contribution in [3.05, 3.63) is 70.4 Å². The number of fused-ring (bicyclic) bond motifs is 3. The fraction of sp³-hybridized carbons (Fsp3) is 0.273. The molecule has 1 aromatic heterocycles. The molecule has 0 unspecified atom stereocenters. The summed E-state index contributed by atoms with van der Waals surface area (Å²) in [5.74, 6) is 0.767. The zero-order valence-corrected chi connectivity index (χ0v) is 17.0. The molecular weight excluding hydrogens is 372 g/mol. The number of hydrogen-bond acceptors (Lipinski definition) is 3. The van der Waals surface area contributed by atoms with Gasteiger partial charge in [-0.05, 0) is 50.6 Å². The highest BCUT2D eigenvalue weighted by atomic mass is 35.5. The zero-order chi connectivity index (χ0) is 19.8. The van der Waals surface area contributed by atoms with Crippen LogP contribution >= 0.6 is 11.6 Å². The highest BCUT2D eigenvalue weighted by Gasteiger charge is 2.35. The molecule has 1 N–H and O–H groups in total. The van der Waals surface area contributed by atoms with Crippen molar-refractivity contribution in [1.29, 1.82) is 0 Å². The van der Waals surface area contributed by atoms with Crippen LogP contribution in [0.1, 0.15) is 32.4 Å². The number of para-hydroxylation sites is 2. The van der Waals surface area contributed by atoms with Gasteiger partial charge in [-0.1, -0.05) is 35.9 Å². The molecule has 1 atom stereocenters. The first-order valence-corrected chi connectivity index (χ1v) is 9.92. The van der Waals surface area contributed by atoms with E-state index in [2.05, 4.69) is 9.88 Å². The number of likely N-dealkylation sites (N-methyl/N-ethyl adjacent to an activating group) is 1. The maximum absolute atomic E-state index is 13.5. The van der Waals surface area contributed by atoms with Crippen LogP contribution in [0.25, 0.3) is 11.0 Å². The third kappa shape index (κ3) is 2.96. The topological polar surface area (TPSA) is 50.2 Å². The normalized spacial score (nSPS) is 16.1. The average Bonchev–Trinajstić information content (AvgIpc) is 3.05. The number of nitrogens with zero attached hydrogens (tertiary/aromatic N) is 3. The molecule has 4 rings (SSSR count). The molecule has 0 spiro atoms. The Balaban J connectivity index is 1.98. The van der Waals surface area contributed by atoms with Gasteiger partial charge in [-0.15, -0.1) is 0 Å². The van der Waals surface area contributed by atoms with Gasteiger partial charge in [0, 0.05) is 23.8 Å². The first-order chi connectivity index (χ1) is 13.5. The van der Waals surface area contributed by atoms with E-state index < -0.39 is 0 Å². The fourth-order valence-corrected chi connectivity index (χ4v) is 4.11. The second-order valence-corrected chi connectivity index (χ2v) is 7.33. The van der Waals surface area contributed by atoms with Crippen LogP contribution in [-0.2, 0) is 4.79 Å². The summed E-state index contributed by atoms with van der Waals surface area (Å²) >= 11 is 6.31. The maximum Gasteiger partial charge on any atom is 0.253 e. The summed E-state index contributed by atoms with van der Waals surface area (Å²) in [5.41, 5.74) is 4.38. The summed E-state index contributed by atoms with van der Waals surface area (Å²) in [6, 6.07) is 15.4. The molecule has 2 aromatic carbocycles. The Morgan fingerprint density at radius 2 is 1.93 bits per heavy atom. The molecule has 0 saturated heterocycles. The van der Waals surface area contributed by atoms with Gasteiger partial charge in [-0.25, -0.2) is 4.98 Å². The minimum absolute atomic E-state index is 0.0309. The van der Waals surface area contributed by atoms with E-state index in [9.17, 15) is 4.79 Å². The lowest BCUT2D eigenvalue weighted by Gasteiger charge is -2.33. The van der Waals surface area contributed by atoms with Crippen LogP contribution in [0, 0.1) is 0 Å². The summed E-state index contributed by atoms with van der Waals surface area (Å²) in [7, 11) is 0. The van der Waals surface area contributed by atoms with Crippen LogP contribution in [0.2, 0.25) is 5.02 Å². The zero-order valence-electron chi connectivity index (χ0n) is 16.2. The molecule has 3 aromatic rings. The van der Waals surface area contributed by atoms with E-state index in [-0.39, 0.29) is 11.9 Å². The number of carbonyl (C=O) groups excluding carboxylic acids is 1. The van der Waals surface area contributed by atoms with Gasteiger partial charge in [0.2, 0.25) is 5.95 Å². The molecule has 2 heterocycles. The molecule has 0 saturated carbocycles. The number of imidazole rings is 1. The van der Waals surface area contributed by atoms with E-state index in [1.807, 2.05) is 74.2 Å². The largest absolute Gasteiger partial charge is 0.339 e. The van der Waals surface area contributed by atoms with Gasteiger partial charge in [0.15, 0.2) is 0 Å². The number of halogens is 1. The Morgan fingerprint density at radius 1 is 1.18 bits per heavy atom. The van der Waals surface area contributed by atoms with Crippen molar-refractivity contribution >= 4 is 34.5 Å². The molecule has 6 heteroatoms. The van der Waals surface area contributed by atoms with Crippen molar-refractivity contribution in [3.8, 4) is 0 Å². The molecule has 5 nitrogen and oxygen atoms in total. The van der Waals surface area contributed by atoms with Gasteiger partial charge in [0.25, 0.3) is 5.91 Å². The number of carbonyl (C=O) groups is 1. The molecule has 0 fully saturated rings. The van der Waals surface area contributed by atoms with Crippen LogP contribution in [-0.4, -0.2) is 33.4 Å². The first kappa shape index (κ1) is 18.6. The molecule has 0 aliphatic carbocycles. The lowest BCUT2D eigenvalue weighted by molar-refractivity contribution is -0.127. The molecule has 0 radical (unpaired) electrons. The monoisotopic (exact) mass is 394 g/mol. The summed E-state index contributed by atoms with van der Waals surface area (Å²) in [5, 5.41) is 4.00. The second-order valence-electron chi connectivity index (χ2n) is 6.89. The van der Waals surface area contributed by atoms with Gasteiger partial charge in [-0.2, -0.15) is 0 Å². The van der Waals surface area contributed by atoms with Gasteiger partial charge in [0.1, 0.15) is 0 Å². The van der Waals surface area contributed by atoms with Crippen LogP contribution in [0.3, 0.4) is 0 Å². The average molecular weight is 395 g/mol. The Bertz CT molecular complexity index is 1080. The first-order valence-electron chi connectivity index (χ1n) is 9.54. The van der Waals surface area contributed by atoms with Crippen molar-refractivity contribution in [2.75, 3.05) is 18.4 Å². The van der Waals surface area contributed by atoms with Gasteiger partial charge in [-0.3, -0.25) is 9.36 Å². The van der Waals surface area contributed by atoms with Gasteiger partial charge >= 0.3 is 0 Å². The van der Waals surface area contributed by atoms with Crippen LogP contribution in [0.15, 0.2) is 59.8 Å². The minimum Gasteiger partial charge on any atom is -0.339 e. The Morgan fingerprint density at radius 3 is 2.64 bits per heavy atom. The molecule has 28 heavy (non-hydrogen) atoms. The number of benzene rings is 2. The lowest BCUT2D eigenvalue weighted by atomic mass is 9.94. The van der Waals surface area contributed by atoms with Crippen molar-refractivity contribution in [2.24, 2.45) is 0 Å². The molecular formula is C22H23ClN4O. The number of amides is 1. The number of anilines is 1. The van der Waals surface area contributed by atoms with Gasteiger partial charge in [0.05, 0.1) is 22.6 Å². The molecule has 1 aliphatic heterocycles. The van der Waals surface area contributed by atoms with E-state index in [1.165, 1.54) is 0 Å². The maximum atomic E-state index is 13.5. The minimum atomic E-state index is -0.296. The Kier molecular flexibility index (Phi) is 4.85. The van der Waals surface area contributed by atoms with E-state index in [4.69, 9.17) is 16.6 Å². The number of rotatable bonds is 4. The summed E-state index contributed by atoms with van der Waals surface area (Å²) in [6.07, 6.45) is 0. The van der Waals surface area contributed by atoms with Crippen LogP contribution in [0.4, 0.5) is 5.95 Å². The lowest BCUT2D eigenvalue weighted by Crippen LogP contribution is -2.37. The fourth-order valence-electron chi connectivity index (χ4n) is 3.91.